The molecule has 0 unspecified atom stereocenters. The minimum Gasteiger partial charge on any atom is -0.310 e. The van der Waals surface area contributed by atoms with Crippen molar-refractivity contribution in [2.45, 2.75) is 0 Å². The van der Waals surface area contributed by atoms with E-state index in [9.17, 15) is 0 Å². The van der Waals surface area contributed by atoms with Gasteiger partial charge in [0.1, 0.15) is 0 Å². The number of fused-ring (bicyclic) bond motifs is 8. The van der Waals surface area contributed by atoms with Gasteiger partial charge in [-0.1, -0.05) is 182 Å². The predicted octanol–water partition coefficient (Wildman–Crippen LogP) is 17.9. The van der Waals surface area contributed by atoms with E-state index in [1.807, 2.05) is 0 Å². The number of nitrogens with zero attached hydrogens (tertiary/aromatic N) is 2. The Morgan fingerprint density at radius 3 is 1.58 bits per heavy atom. The zero-order valence-corrected chi connectivity index (χ0v) is 36.1. The average molecular weight is 839 g/mol. The molecule has 13 rings (SSSR count). The van der Waals surface area contributed by atoms with Gasteiger partial charge in [0.25, 0.3) is 0 Å². The van der Waals surface area contributed by atoms with E-state index in [0.717, 1.165) is 28.3 Å². The fourth-order valence-electron chi connectivity index (χ4n) is 10.5. The molecular weight excluding hydrogens is 797 g/mol. The van der Waals surface area contributed by atoms with Gasteiger partial charge in [0, 0.05) is 33.5 Å². The molecule has 0 fully saturated rings. The third-order valence-corrected chi connectivity index (χ3v) is 13.5. The minimum atomic E-state index is 1.09. The number of aromatic nitrogens is 1. The van der Waals surface area contributed by atoms with Gasteiger partial charge in [0.15, 0.2) is 0 Å². The van der Waals surface area contributed by atoms with Gasteiger partial charge in [-0.05, 0) is 149 Å². The van der Waals surface area contributed by atoms with E-state index in [-0.39, 0.29) is 0 Å². The van der Waals surface area contributed by atoms with E-state index in [0.29, 0.717) is 0 Å². The highest BCUT2D eigenvalue weighted by molar-refractivity contribution is 6.19. The third-order valence-electron chi connectivity index (χ3n) is 13.5. The second-order valence-electron chi connectivity index (χ2n) is 17.3. The molecule has 0 saturated carbocycles. The molecule has 0 amide bonds. The minimum absolute atomic E-state index is 1.09. The van der Waals surface area contributed by atoms with Crippen LogP contribution in [0.25, 0.3) is 104 Å². The highest BCUT2D eigenvalue weighted by Crippen LogP contribution is 2.44. The Bertz CT molecular complexity index is 3970. The van der Waals surface area contributed by atoms with Crippen LogP contribution in [0.1, 0.15) is 0 Å². The average Bonchev–Trinajstić information content (AvgIpc) is 3.71. The van der Waals surface area contributed by atoms with Gasteiger partial charge in [0.2, 0.25) is 0 Å². The maximum Gasteiger partial charge on any atom is 0.0547 e. The van der Waals surface area contributed by atoms with Gasteiger partial charge < -0.3 is 9.47 Å². The van der Waals surface area contributed by atoms with Crippen LogP contribution in [0.15, 0.2) is 255 Å². The van der Waals surface area contributed by atoms with Crippen molar-refractivity contribution < 1.29 is 0 Å². The molecule has 0 aliphatic heterocycles. The summed E-state index contributed by atoms with van der Waals surface area (Å²) in [4.78, 5) is 2.40. The largest absolute Gasteiger partial charge is 0.310 e. The summed E-state index contributed by atoms with van der Waals surface area (Å²) in [5.41, 5.74) is 14.0. The maximum absolute atomic E-state index is 2.43. The van der Waals surface area contributed by atoms with Crippen molar-refractivity contribution in [2.75, 3.05) is 4.90 Å². The molecule has 0 aliphatic rings. The number of anilines is 3. The molecule has 308 valence electrons. The Morgan fingerprint density at radius 2 is 0.818 bits per heavy atom. The molecule has 0 aliphatic carbocycles. The van der Waals surface area contributed by atoms with Crippen LogP contribution in [0.4, 0.5) is 17.1 Å². The van der Waals surface area contributed by atoms with Gasteiger partial charge in [0.05, 0.1) is 11.0 Å². The maximum atomic E-state index is 2.43. The summed E-state index contributed by atoms with van der Waals surface area (Å²) in [6.07, 6.45) is 0. The first kappa shape index (κ1) is 37.8. The van der Waals surface area contributed by atoms with Crippen molar-refractivity contribution in [3.05, 3.63) is 255 Å². The SMILES string of the molecule is c1ccc(-n2c3cc4ccccc4cc3c3c(-c4cccc(N(c5ccc(-c6cccc7ccccc67)cc5)c5ccc(-c6cc7ccccc7c7ccccc67)cc5)c4)cccc32)cc1. The number of hydrogen-bond donors (Lipinski definition) is 0. The van der Waals surface area contributed by atoms with E-state index in [2.05, 4.69) is 264 Å². The smallest absolute Gasteiger partial charge is 0.0547 e. The van der Waals surface area contributed by atoms with Crippen LogP contribution in [0, 0.1) is 0 Å². The van der Waals surface area contributed by atoms with Gasteiger partial charge in [-0.15, -0.1) is 0 Å². The molecule has 1 heterocycles. The summed E-state index contributed by atoms with van der Waals surface area (Å²) >= 11 is 0. The van der Waals surface area contributed by atoms with Crippen molar-refractivity contribution in [3.63, 3.8) is 0 Å². The fraction of sp³-hybridized carbons (Fsp3) is 0. The Morgan fingerprint density at radius 1 is 0.258 bits per heavy atom. The Hall–Kier alpha value is -8.72. The van der Waals surface area contributed by atoms with Crippen LogP contribution >= 0.6 is 0 Å². The summed E-state index contributed by atoms with van der Waals surface area (Å²) in [6, 6.07) is 93.3. The summed E-state index contributed by atoms with van der Waals surface area (Å²) < 4.78 is 2.43. The Balaban J connectivity index is 0.981. The lowest BCUT2D eigenvalue weighted by molar-refractivity contribution is 1.18. The predicted molar refractivity (Wildman–Crippen MR) is 282 cm³/mol. The number of hydrogen-bond acceptors (Lipinski definition) is 1. The molecule has 2 nitrogen and oxygen atoms in total. The Kier molecular flexibility index (Phi) is 8.89. The number of benzene rings is 12. The highest BCUT2D eigenvalue weighted by atomic mass is 15.1. The molecule has 1 aromatic heterocycles. The zero-order valence-electron chi connectivity index (χ0n) is 36.1. The summed E-state index contributed by atoms with van der Waals surface area (Å²) in [7, 11) is 0. The molecule has 0 spiro atoms. The first-order chi connectivity index (χ1) is 32.7. The number of para-hydroxylation sites is 1. The van der Waals surface area contributed by atoms with Crippen LogP contribution in [-0.2, 0) is 0 Å². The van der Waals surface area contributed by atoms with Gasteiger partial charge >= 0.3 is 0 Å². The molecule has 0 atom stereocenters. The molecule has 13 aromatic rings. The Labute approximate surface area is 383 Å². The van der Waals surface area contributed by atoms with E-state index >= 15 is 0 Å². The first-order valence-corrected chi connectivity index (χ1v) is 22.7. The lowest BCUT2D eigenvalue weighted by atomic mass is 9.93. The standard InChI is InChI=1S/C64H42N2/c1-2-21-50(22-3-1)66-62-30-14-29-57(64(62)61-40-46-16-4-5-17-47(46)42-63(61)66)48-20-12-23-53(39-48)65(51-35-31-44(32-36-51)55-28-13-19-43-15-6-8-24-54(43)55)52-37-33-45(34-38-52)60-41-49-18-7-9-25-56(49)58-26-10-11-27-59(58)60/h1-42H. The van der Waals surface area contributed by atoms with E-state index in [4.69, 9.17) is 0 Å². The molecule has 0 radical (unpaired) electrons. The molecular formula is C64H42N2. The van der Waals surface area contributed by atoms with Crippen LogP contribution in [0.2, 0.25) is 0 Å². The molecule has 0 bridgehead atoms. The van der Waals surface area contributed by atoms with Crippen molar-refractivity contribution in [1.82, 2.24) is 4.57 Å². The summed E-state index contributed by atoms with van der Waals surface area (Å²) in [5, 5.41) is 12.5. The van der Waals surface area contributed by atoms with E-state index in [1.165, 1.54) is 92.7 Å². The van der Waals surface area contributed by atoms with Gasteiger partial charge in [-0.3, -0.25) is 0 Å². The number of rotatable bonds is 7. The highest BCUT2D eigenvalue weighted by Gasteiger charge is 2.20. The molecule has 66 heavy (non-hydrogen) atoms. The van der Waals surface area contributed by atoms with Crippen LogP contribution in [0.3, 0.4) is 0 Å². The van der Waals surface area contributed by atoms with E-state index in [1.54, 1.807) is 0 Å². The molecule has 0 saturated heterocycles. The lowest BCUT2D eigenvalue weighted by Gasteiger charge is -2.26. The van der Waals surface area contributed by atoms with Crippen molar-refractivity contribution in [3.8, 4) is 39.1 Å². The first-order valence-electron chi connectivity index (χ1n) is 22.7. The second kappa shape index (κ2) is 15.5. The summed E-state index contributed by atoms with van der Waals surface area (Å²) in [5.74, 6) is 0. The summed E-state index contributed by atoms with van der Waals surface area (Å²) in [6.45, 7) is 0. The molecule has 12 aromatic carbocycles. The van der Waals surface area contributed by atoms with Gasteiger partial charge in [-0.2, -0.15) is 0 Å². The zero-order chi connectivity index (χ0) is 43.6. The normalized spacial score (nSPS) is 11.6. The fourth-order valence-corrected chi connectivity index (χ4v) is 10.5. The monoisotopic (exact) mass is 838 g/mol. The van der Waals surface area contributed by atoms with Crippen molar-refractivity contribution in [1.29, 1.82) is 0 Å². The topological polar surface area (TPSA) is 8.17 Å². The van der Waals surface area contributed by atoms with Crippen LogP contribution in [0.5, 0.6) is 0 Å². The van der Waals surface area contributed by atoms with Crippen molar-refractivity contribution >= 4 is 82.0 Å². The third kappa shape index (κ3) is 6.26. The molecule has 2 heteroatoms. The molecule has 0 N–H and O–H groups in total. The quantitative estimate of drug-likeness (QED) is 0.145. The lowest BCUT2D eigenvalue weighted by Crippen LogP contribution is -2.10. The van der Waals surface area contributed by atoms with Crippen molar-refractivity contribution in [2.24, 2.45) is 0 Å². The van der Waals surface area contributed by atoms with Gasteiger partial charge in [-0.25, -0.2) is 0 Å². The van der Waals surface area contributed by atoms with Crippen LogP contribution < -0.4 is 4.90 Å². The second-order valence-corrected chi connectivity index (χ2v) is 17.3. The van der Waals surface area contributed by atoms with Crippen LogP contribution in [-0.4, -0.2) is 4.57 Å². The van der Waals surface area contributed by atoms with E-state index < -0.39 is 0 Å².